The van der Waals surface area contributed by atoms with E-state index in [1.165, 1.54) is 0 Å². The van der Waals surface area contributed by atoms with Gasteiger partial charge in [-0.05, 0) is 6.42 Å². The highest BCUT2D eigenvalue weighted by Crippen LogP contribution is 2.13. The third-order valence-corrected chi connectivity index (χ3v) is 2.52. The van der Waals surface area contributed by atoms with Crippen LogP contribution < -0.4 is 10.5 Å². The van der Waals surface area contributed by atoms with E-state index in [1.807, 2.05) is 6.92 Å². The van der Waals surface area contributed by atoms with Crippen molar-refractivity contribution >= 4 is 5.82 Å². The van der Waals surface area contributed by atoms with Crippen molar-refractivity contribution in [3.8, 4) is 0 Å². The fourth-order valence-electron chi connectivity index (χ4n) is 1.70. The van der Waals surface area contributed by atoms with Gasteiger partial charge in [-0.3, -0.25) is 4.79 Å². The number of hydrogen-bond donors (Lipinski definition) is 1. The average molecular weight is 209 g/mol. The summed E-state index contributed by atoms with van der Waals surface area (Å²) in [6.45, 7) is 3.77. The van der Waals surface area contributed by atoms with E-state index >= 15 is 0 Å². The van der Waals surface area contributed by atoms with Crippen LogP contribution >= 0.6 is 0 Å². The molecule has 15 heavy (non-hydrogen) atoms. The second-order valence-corrected chi connectivity index (χ2v) is 3.81. The summed E-state index contributed by atoms with van der Waals surface area (Å²) in [5.74, 6) is 0.455. The molecule has 5 heteroatoms. The van der Waals surface area contributed by atoms with Crippen LogP contribution in [0.4, 0.5) is 5.82 Å². The van der Waals surface area contributed by atoms with Gasteiger partial charge in [-0.1, -0.05) is 6.92 Å². The minimum Gasteiger partial charge on any atom is -0.389 e. The molecule has 0 aromatic carbocycles. The van der Waals surface area contributed by atoms with E-state index in [1.54, 1.807) is 21.9 Å². The van der Waals surface area contributed by atoms with Gasteiger partial charge in [-0.25, -0.2) is 4.98 Å². The van der Waals surface area contributed by atoms with E-state index in [0.29, 0.717) is 25.5 Å². The van der Waals surface area contributed by atoms with E-state index in [2.05, 4.69) is 4.98 Å². The van der Waals surface area contributed by atoms with Crippen molar-refractivity contribution in [3.63, 3.8) is 0 Å². The average Bonchev–Trinajstić information content (AvgIpc) is 2.17. The third-order valence-electron chi connectivity index (χ3n) is 2.52. The Labute approximate surface area is 88.0 Å². The van der Waals surface area contributed by atoms with Crippen LogP contribution in [0.1, 0.15) is 13.3 Å². The molecule has 1 aromatic heterocycles. The molecule has 82 valence electrons. The second-order valence-electron chi connectivity index (χ2n) is 3.81. The molecule has 5 nitrogen and oxygen atoms in total. The molecular weight excluding hydrogens is 194 g/mol. The summed E-state index contributed by atoms with van der Waals surface area (Å²) in [5, 5.41) is 9.16. The van der Waals surface area contributed by atoms with Crippen molar-refractivity contribution in [1.82, 2.24) is 9.55 Å². The summed E-state index contributed by atoms with van der Waals surface area (Å²) in [6, 6.07) is 0. The lowest BCUT2D eigenvalue weighted by Crippen LogP contribution is -2.53. The summed E-state index contributed by atoms with van der Waals surface area (Å²) >= 11 is 0. The zero-order valence-electron chi connectivity index (χ0n) is 8.76. The summed E-state index contributed by atoms with van der Waals surface area (Å²) in [6.07, 6.45) is 3.94. The molecule has 1 aromatic rings. The van der Waals surface area contributed by atoms with Crippen LogP contribution in [0.25, 0.3) is 0 Å². The molecule has 0 spiro atoms. The van der Waals surface area contributed by atoms with E-state index in [9.17, 15) is 4.79 Å². The van der Waals surface area contributed by atoms with Crippen LogP contribution in [0.15, 0.2) is 17.2 Å². The maximum Gasteiger partial charge on any atom is 0.293 e. The number of aromatic nitrogens is 2. The summed E-state index contributed by atoms with van der Waals surface area (Å²) in [4.78, 5) is 17.7. The number of β-amino-alcohol motifs (C(OH)–C–C–N with tert-alkyl or cyclic N) is 1. The molecule has 1 saturated heterocycles. The highest BCUT2D eigenvalue weighted by molar-refractivity contribution is 5.39. The Hall–Kier alpha value is -1.36. The highest BCUT2D eigenvalue weighted by atomic mass is 16.3. The molecule has 0 unspecified atom stereocenters. The smallest absolute Gasteiger partial charge is 0.293 e. The number of aliphatic hydroxyl groups excluding tert-OH is 1. The molecule has 2 heterocycles. The quantitative estimate of drug-likeness (QED) is 0.751. The standard InChI is InChI=1S/C10H15N3O2/c1-2-4-12-5-3-11-9(10(12)15)13-6-8(14)7-13/h3,5,8,14H,2,4,6-7H2,1H3. The van der Waals surface area contributed by atoms with Gasteiger partial charge in [0.1, 0.15) is 0 Å². The predicted molar refractivity (Wildman–Crippen MR) is 57.0 cm³/mol. The summed E-state index contributed by atoms with van der Waals surface area (Å²) in [7, 11) is 0. The first-order chi connectivity index (χ1) is 7.22. The van der Waals surface area contributed by atoms with Crippen molar-refractivity contribution in [3.05, 3.63) is 22.7 Å². The zero-order valence-corrected chi connectivity index (χ0v) is 8.76. The number of rotatable bonds is 3. The summed E-state index contributed by atoms with van der Waals surface area (Å²) < 4.78 is 1.66. The normalized spacial score (nSPS) is 16.5. The molecule has 0 atom stereocenters. The van der Waals surface area contributed by atoms with Crippen LogP contribution in [0.3, 0.4) is 0 Å². The van der Waals surface area contributed by atoms with Crippen molar-refractivity contribution in [2.45, 2.75) is 26.0 Å². The molecule has 1 aliphatic heterocycles. The minimum atomic E-state index is -0.314. The zero-order chi connectivity index (χ0) is 10.8. The van der Waals surface area contributed by atoms with Crippen molar-refractivity contribution < 1.29 is 5.11 Å². The van der Waals surface area contributed by atoms with Gasteiger partial charge in [0.25, 0.3) is 5.56 Å². The Kier molecular flexibility index (Phi) is 2.73. The Balaban J connectivity index is 2.24. The topological polar surface area (TPSA) is 58.4 Å². The van der Waals surface area contributed by atoms with Crippen LogP contribution in [0.5, 0.6) is 0 Å². The maximum atomic E-state index is 11.9. The molecule has 0 saturated carbocycles. The highest BCUT2D eigenvalue weighted by Gasteiger charge is 2.27. The molecule has 0 radical (unpaired) electrons. The van der Waals surface area contributed by atoms with E-state index < -0.39 is 0 Å². The first-order valence-electron chi connectivity index (χ1n) is 5.21. The maximum absolute atomic E-state index is 11.9. The lowest BCUT2D eigenvalue weighted by atomic mass is 10.2. The Morgan fingerprint density at radius 3 is 2.93 bits per heavy atom. The Morgan fingerprint density at radius 2 is 2.33 bits per heavy atom. The van der Waals surface area contributed by atoms with Crippen LogP contribution in [-0.4, -0.2) is 33.9 Å². The van der Waals surface area contributed by atoms with E-state index in [-0.39, 0.29) is 11.7 Å². The van der Waals surface area contributed by atoms with Gasteiger partial charge in [0.15, 0.2) is 5.82 Å². The monoisotopic (exact) mass is 209 g/mol. The fraction of sp³-hybridized carbons (Fsp3) is 0.600. The number of hydrogen-bond acceptors (Lipinski definition) is 4. The molecule has 1 N–H and O–H groups in total. The minimum absolute atomic E-state index is 0.0637. The Morgan fingerprint density at radius 1 is 1.60 bits per heavy atom. The molecule has 2 rings (SSSR count). The van der Waals surface area contributed by atoms with Gasteiger partial charge < -0.3 is 14.6 Å². The first kappa shape index (κ1) is 10.2. The fourth-order valence-corrected chi connectivity index (χ4v) is 1.70. The predicted octanol–water partition coefficient (Wildman–Crippen LogP) is -0.166. The lowest BCUT2D eigenvalue weighted by molar-refractivity contribution is 0.141. The SMILES string of the molecule is CCCn1ccnc(N2CC(O)C2)c1=O. The van der Waals surface area contributed by atoms with Gasteiger partial charge in [0.2, 0.25) is 0 Å². The molecule has 0 amide bonds. The molecule has 0 aliphatic carbocycles. The lowest BCUT2D eigenvalue weighted by Gasteiger charge is -2.36. The van der Waals surface area contributed by atoms with Crippen LogP contribution in [-0.2, 0) is 6.54 Å². The second kappa shape index (κ2) is 4.02. The third kappa shape index (κ3) is 1.87. The van der Waals surface area contributed by atoms with Gasteiger partial charge in [0.05, 0.1) is 6.10 Å². The van der Waals surface area contributed by atoms with Gasteiger partial charge >= 0.3 is 0 Å². The number of nitrogens with zero attached hydrogens (tertiary/aromatic N) is 3. The molecule has 1 fully saturated rings. The molecular formula is C10H15N3O2. The van der Waals surface area contributed by atoms with Crippen molar-refractivity contribution in [2.75, 3.05) is 18.0 Å². The summed E-state index contributed by atoms with van der Waals surface area (Å²) in [5.41, 5.74) is -0.0637. The molecule has 1 aliphatic rings. The van der Waals surface area contributed by atoms with Gasteiger partial charge in [0, 0.05) is 32.0 Å². The largest absolute Gasteiger partial charge is 0.389 e. The van der Waals surface area contributed by atoms with Gasteiger partial charge in [-0.15, -0.1) is 0 Å². The molecule has 0 bridgehead atoms. The first-order valence-corrected chi connectivity index (χ1v) is 5.21. The van der Waals surface area contributed by atoms with Crippen molar-refractivity contribution in [1.29, 1.82) is 0 Å². The van der Waals surface area contributed by atoms with E-state index in [4.69, 9.17) is 5.11 Å². The van der Waals surface area contributed by atoms with E-state index in [0.717, 1.165) is 6.42 Å². The van der Waals surface area contributed by atoms with Gasteiger partial charge in [-0.2, -0.15) is 0 Å². The Bertz CT molecular complexity index is 396. The number of aryl methyl sites for hydroxylation is 1. The van der Waals surface area contributed by atoms with Crippen LogP contribution in [0.2, 0.25) is 0 Å². The van der Waals surface area contributed by atoms with Crippen molar-refractivity contribution in [2.24, 2.45) is 0 Å². The van der Waals surface area contributed by atoms with Crippen LogP contribution in [0, 0.1) is 0 Å². The number of aliphatic hydroxyl groups is 1. The number of anilines is 1.